The van der Waals surface area contributed by atoms with Gasteiger partial charge in [0, 0.05) is 26.4 Å². The maximum atomic E-state index is 12.6. The Hall–Kier alpha value is -2.03. The summed E-state index contributed by atoms with van der Waals surface area (Å²) < 4.78 is 27.6. The Morgan fingerprint density at radius 3 is 1.97 bits per heavy atom. The van der Waals surface area contributed by atoms with Gasteiger partial charge in [0.15, 0.2) is 5.11 Å². The van der Waals surface area contributed by atoms with Gasteiger partial charge in [-0.2, -0.15) is 0 Å². The van der Waals surface area contributed by atoms with Crippen molar-refractivity contribution in [2.45, 2.75) is 11.8 Å². The van der Waals surface area contributed by atoms with Gasteiger partial charge in [-0.1, -0.05) is 40.9 Å². The van der Waals surface area contributed by atoms with Crippen LogP contribution in [0.3, 0.4) is 0 Å². The number of halogens is 3. The van der Waals surface area contributed by atoms with Gasteiger partial charge in [-0.05, 0) is 79.3 Å². The number of hydrogen-bond donors (Lipinski definition) is 3. The van der Waals surface area contributed by atoms with Gasteiger partial charge in [0.05, 0.1) is 10.6 Å². The number of anilines is 3. The molecular formula is C20H16Cl3N3O2S2. The maximum Gasteiger partial charge on any atom is 0.261 e. The average molecular weight is 501 g/mol. The van der Waals surface area contributed by atoms with Crippen molar-refractivity contribution in [3.63, 3.8) is 0 Å². The highest BCUT2D eigenvalue weighted by Crippen LogP contribution is 2.25. The highest BCUT2D eigenvalue weighted by Gasteiger charge is 2.15. The van der Waals surface area contributed by atoms with E-state index in [2.05, 4.69) is 15.4 Å². The Balaban J connectivity index is 1.67. The molecule has 10 heteroatoms. The van der Waals surface area contributed by atoms with Crippen molar-refractivity contribution in [2.24, 2.45) is 0 Å². The van der Waals surface area contributed by atoms with E-state index in [1.807, 2.05) is 19.1 Å². The molecule has 0 aliphatic rings. The summed E-state index contributed by atoms with van der Waals surface area (Å²) in [5.41, 5.74) is 2.60. The predicted octanol–water partition coefficient (Wildman–Crippen LogP) is 6.56. The largest absolute Gasteiger partial charge is 0.332 e. The molecule has 0 heterocycles. The van der Waals surface area contributed by atoms with E-state index in [1.54, 1.807) is 18.2 Å². The van der Waals surface area contributed by atoms with Crippen molar-refractivity contribution in [1.29, 1.82) is 0 Å². The Labute approximate surface area is 195 Å². The Morgan fingerprint density at radius 1 is 0.800 bits per heavy atom. The van der Waals surface area contributed by atoms with E-state index in [9.17, 15) is 8.42 Å². The van der Waals surface area contributed by atoms with Crippen LogP contribution in [0.15, 0.2) is 65.6 Å². The Morgan fingerprint density at radius 2 is 1.37 bits per heavy atom. The smallest absolute Gasteiger partial charge is 0.261 e. The predicted molar refractivity (Wildman–Crippen MR) is 130 cm³/mol. The molecule has 3 aromatic rings. The molecule has 0 spiro atoms. The van der Waals surface area contributed by atoms with Crippen molar-refractivity contribution in [3.8, 4) is 0 Å². The van der Waals surface area contributed by atoms with E-state index in [4.69, 9.17) is 47.0 Å². The number of sulfonamides is 1. The number of nitrogens with one attached hydrogen (secondary N) is 3. The third-order valence-corrected chi connectivity index (χ3v) is 6.41. The van der Waals surface area contributed by atoms with Gasteiger partial charge < -0.3 is 10.6 Å². The summed E-state index contributed by atoms with van der Waals surface area (Å²) in [7, 11) is -3.81. The van der Waals surface area contributed by atoms with Gasteiger partial charge in [-0.15, -0.1) is 0 Å². The molecule has 0 radical (unpaired) electrons. The van der Waals surface area contributed by atoms with Gasteiger partial charge in [-0.3, -0.25) is 4.72 Å². The molecule has 0 atom stereocenters. The highest BCUT2D eigenvalue weighted by molar-refractivity contribution is 7.92. The first-order valence-electron chi connectivity index (χ1n) is 8.55. The van der Waals surface area contributed by atoms with Crippen molar-refractivity contribution >= 4 is 79.2 Å². The van der Waals surface area contributed by atoms with Crippen molar-refractivity contribution in [3.05, 3.63) is 81.3 Å². The van der Waals surface area contributed by atoms with Crippen LogP contribution in [0.25, 0.3) is 0 Å². The standard InChI is InChI=1S/C20H16Cl3N3O2S2/c1-12-2-3-16(11-19(12)23)25-20(29)24-15-4-6-18(7-5-15)30(27,28)26-17-9-13(21)8-14(22)10-17/h2-11,26H,1H3,(H2,24,25,29). The minimum atomic E-state index is -3.81. The lowest BCUT2D eigenvalue weighted by atomic mass is 10.2. The molecule has 0 fully saturated rings. The molecule has 5 nitrogen and oxygen atoms in total. The molecule has 3 aromatic carbocycles. The number of benzene rings is 3. The molecule has 3 N–H and O–H groups in total. The van der Waals surface area contributed by atoms with Gasteiger partial charge in [-0.25, -0.2) is 8.42 Å². The first kappa shape index (κ1) is 22.7. The molecule has 0 unspecified atom stereocenters. The number of thiocarbonyl (C=S) groups is 1. The van der Waals surface area contributed by atoms with Crippen molar-refractivity contribution < 1.29 is 8.42 Å². The van der Waals surface area contributed by atoms with Crippen LogP contribution in [-0.4, -0.2) is 13.5 Å². The quantitative estimate of drug-likeness (QED) is 0.346. The van der Waals surface area contributed by atoms with Crippen LogP contribution >= 0.6 is 47.0 Å². The third-order valence-electron chi connectivity index (χ3n) is 3.97. The van der Waals surface area contributed by atoms with Crippen LogP contribution in [0.1, 0.15) is 5.56 Å². The summed E-state index contributed by atoms with van der Waals surface area (Å²) in [6, 6.07) is 16.1. The van der Waals surface area contributed by atoms with Gasteiger partial charge in [0.25, 0.3) is 10.0 Å². The number of rotatable bonds is 5. The number of aryl methyl sites for hydroxylation is 1. The fraction of sp³-hybridized carbons (Fsp3) is 0.0500. The van der Waals surface area contributed by atoms with E-state index < -0.39 is 10.0 Å². The lowest BCUT2D eigenvalue weighted by Gasteiger charge is -2.12. The first-order valence-corrected chi connectivity index (χ1v) is 11.6. The van der Waals surface area contributed by atoms with E-state index in [1.165, 1.54) is 30.3 Å². The Bertz CT molecular complexity index is 1180. The van der Waals surface area contributed by atoms with Crippen LogP contribution in [0.4, 0.5) is 17.1 Å². The van der Waals surface area contributed by atoms with Gasteiger partial charge in [0.1, 0.15) is 0 Å². The monoisotopic (exact) mass is 499 g/mol. The van der Waals surface area contributed by atoms with Gasteiger partial charge in [0.2, 0.25) is 0 Å². The SMILES string of the molecule is Cc1ccc(NC(=S)Nc2ccc(S(=O)(=O)Nc3cc(Cl)cc(Cl)c3)cc2)cc1Cl. The molecule has 156 valence electrons. The fourth-order valence-electron chi connectivity index (χ4n) is 2.51. The molecule has 3 rings (SSSR count). The molecular weight excluding hydrogens is 485 g/mol. The zero-order chi connectivity index (χ0) is 21.9. The first-order chi connectivity index (χ1) is 14.1. The van der Waals surface area contributed by atoms with Crippen molar-refractivity contribution in [1.82, 2.24) is 0 Å². The van der Waals surface area contributed by atoms with Crippen molar-refractivity contribution in [2.75, 3.05) is 15.4 Å². The molecule has 30 heavy (non-hydrogen) atoms. The van der Waals surface area contributed by atoms with Crippen LogP contribution in [0.5, 0.6) is 0 Å². The molecule has 0 aliphatic carbocycles. The molecule has 0 aromatic heterocycles. The van der Waals surface area contributed by atoms with Crippen LogP contribution in [0, 0.1) is 6.92 Å². The molecule has 0 amide bonds. The summed E-state index contributed by atoms with van der Waals surface area (Å²) in [6.45, 7) is 1.91. The maximum absolute atomic E-state index is 12.6. The minimum absolute atomic E-state index is 0.0772. The molecule has 0 saturated heterocycles. The lowest BCUT2D eigenvalue weighted by Crippen LogP contribution is -2.19. The zero-order valence-electron chi connectivity index (χ0n) is 15.5. The van der Waals surface area contributed by atoms with E-state index >= 15 is 0 Å². The minimum Gasteiger partial charge on any atom is -0.332 e. The van der Waals surface area contributed by atoms with Crippen LogP contribution in [-0.2, 0) is 10.0 Å². The summed E-state index contributed by atoms with van der Waals surface area (Å²) >= 11 is 23.2. The van der Waals surface area contributed by atoms with E-state index in [0.29, 0.717) is 25.9 Å². The lowest BCUT2D eigenvalue weighted by molar-refractivity contribution is 0.601. The van der Waals surface area contributed by atoms with Gasteiger partial charge >= 0.3 is 0 Å². The zero-order valence-corrected chi connectivity index (χ0v) is 19.4. The summed E-state index contributed by atoms with van der Waals surface area (Å²) in [4.78, 5) is 0.0772. The fourth-order valence-corrected chi connectivity index (χ4v) is 4.49. The third kappa shape index (κ3) is 6.00. The second-order valence-corrected chi connectivity index (χ2v) is 9.70. The second kappa shape index (κ2) is 9.41. The normalized spacial score (nSPS) is 11.1. The Kier molecular flexibility index (Phi) is 7.10. The summed E-state index contributed by atoms with van der Waals surface area (Å²) in [6.07, 6.45) is 0. The molecule has 0 saturated carbocycles. The van der Waals surface area contributed by atoms with E-state index in [0.717, 1.165) is 11.3 Å². The van der Waals surface area contributed by atoms with Crippen LogP contribution < -0.4 is 15.4 Å². The molecule has 0 bridgehead atoms. The average Bonchev–Trinajstić information content (AvgIpc) is 2.64. The summed E-state index contributed by atoms with van der Waals surface area (Å²) in [5.74, 6) is 0. The topological polar surface area (TPSA) is 70.2 Å². The molecule has 0 aliphatic heterocycles. The number of hydrogen-bond acceptors (Lipinski definition) is 3. The van der Waals surface area contributed by atoms with Crippen LogP contribution in [0.2, 0.25) is 15.1 Å². The van der Waals surface area contributed by atoms with E-state index in [-0.39, 0.29) is 10.6 Å². The summed E-state index contributed by atoms with van der Waals surface area (Å²) in [5, 5.41) is 7.66. The highest BCUT2D eigenvalue weighted by atomic mass is 35.5. The second-order valence-electron chi connectivity index (χ2n) is 6.33.